The number of hydrogen-bond donors (Lipinski definition) is 1. The molecule has 1 fully saturated rings. The molecule has 27 heavy (non-hydrogen) atoms. The summed E-state index contributed by atoms with van der Waals surface area (Å²) in [7, 11) is 0. The SMILES string of the molecule is Cc1cnc(N2CCNC(CCN3C(=O)c4cccc(C)c4C3=O)C2)cn1. The van der Waals surface area contributed by atoms with Crippen molar-refractivity contribution >= 4 is 17.6 Å². The van der Waals surface area contributed by atoms with Gasteiger partial charge in [-0.1, -0.05) is 12.1 Å². The Bertz CT molecular complexity index is 880. The number of anilines is 1. The van der Waals surface area contributed by atoms with E-state index in [0.29, 0.717) is 24.1 Å². The maximum absolute atomic E-state index is 12.7. The Hall–Kier alpha value is -2.80. The van der Waals surface area contributed by atoms with Crippen LogP contribution in [0.5, 0.6) is 0 Å². The predicted octanol–water partition coefficient (Wildman–Crippen LogP) is 1.56. The highest BCUT2D eigenvalue weighted by Crippen LogP contribution is 2.26. The van der Waals surface area contributed by atoms with Gasteiger partial charge in [-0.3, -0.25) is 19.5 Å². The van der Waals surface area contributed by atoms with Gasteiger partial charge >= 0.3 is 0 Å². The molecule has 2 aliphatic heterocycles. The van der Waals surface area contributed by atoms with Gasteiger partial charge in [-0.05, 0) is 31.9 Å². The van der Waals surface area contributed by atoms with E-state index in [4.69, 9.17) is 0 Å². The fraction of sp³-hybridized carbons (Fsp3) is 0.400. The lowest BCUT2D eigenvalue weighted by molar-refractivity contribution is 0.0648. The maximum atomic E-state index is 12.7. The van der Waals surface area contributed by atoms with E-state index in [1.807, 2.05) is 26.0 Å². The molecule has 1 aromatic heterocycles. The minimum absolute atomic E-state index is 0.176. The van der Waals surface area contributed by atoms with E-state index < -0.39 is 0 Å². The fourth-order valence-electron chi connectivity index (χ4n) is 3.77. The predicted molar refractivity (Wildman–Crippen MR) is 102 cm³/mol. The number of nitrogens with one attached hydrogen (secondary N) is 1. The standard InChI is InChI=1S/C20H23N5O2/c1-13-4-3-5-16-18(13)20(27)25(19(16)26)8-6-15-12-24(9-7-21-15)17-11-22-14(2)10-23-17/h3-5,10-11,15,21H,6-9,12H2,1-2H3. The van der Waals surface area contributed by atoms with Gasteiger partial charge in [-0.25, -0.2) is 4.98 Å². The zero-order chi connectivity index (χ0) is 19.0. The first kappa shape index (κ1) is 17.6. The Morgan fingerprint density at radius 3 is 2.74 bits per heavy atom. The molecule has 2 aromatic rings. The van der Waals surface area contributed by atoms with E-state index in [1.165, 1.54) is 4.90 Å². The second-order valence-corrected chi connectivity index (χ2v) is 7.16. The van der Waals surface area contributed by atoms with Crippen molar-refractivity contribution in [3.63, 3.8) is 0 Å². The van der Waals surface area contributed by atoms with E-state index in [0.717, 1.165) is 36.7 Å². The molecule has 1 N–H and O–H groups in total. The third kappa shape index (κ3) is 3.30. The third-order valence-corrected chi connectivity index (χ3v) is 5.26. The summed E-state index contributed by atoms with van der Waals surface area (Å²) in [6.45, 7) is 6.68. The van der Waals surface area contributed by atoms with E-state index >= 15 is 0 Å². The van der Waals surface area contributed by atoms with Gasteiger partial charge in [0.2, 0.25) is 0 Å². The van der Waals surface area contributed by atoms with Gasteiger partial charge in [-0.2, -0.15) is 0 Å². The first-order valence-corrected chi connectivity index (χ1v) is 9.27. The number of piperazine rings is 1. The number of imide groups is 1. The number of carbonyl (C=O) groups excluding carboxylic acids is 2. The minimum atomic E-state index is -0.184. The van der Waals surface area contributed by atoms with Crippen LogP contribution in [-0.4, -0.2) is 58.9 Å². The summed E-state index contributed by atoms with van der Waals surface area (Å²) in [4.78, 5) is 37.6. The normalized spacial score (nSPS) is 19.6. The number of rotatable bonds is 4. The van der Waals surface area contributed by atoms with E-state index in [1.54, 1.807) is 18.5 Å². The molecule has 1 unspecified atom stereocenters. The summed E-state index contributed by atoms with van der Waals surface area (Å²) in [6, 6.07) is 5.62. The largest absolute Gasteiger partial charge is 0.353 e. The van der Waals surface area contributed by atoms with Crippen LogP contribution in [0, 0.1) is 13.8 Å². The van der Waals surface area contributed by atoms with Crippen molar-refractivity contribution in [2.75, 3.05) is 31.1 Å². The molecule has 0 saturated carbocycles. The minimum Gasteiger partial charge on any atom is -0.353 e. The van der Waals surface area contributed by atoms with Crippen LogP contribution >= 0.6 is 0 Å². The molecular weight excluding hydrogens is 342 g/mol. The highest BCUT2D eigenvalue weighted by Gasteiger charge is 2.36. The topological polar surface area (TPSA) is 78.4 Å². The van der Waals surface area contributed by atoms with Crippen LogP contribution in [-0.2, 0) is 0 Å². The molecule has 1 aromatic carbocycles. The number of amides is 2. The highest BCUT2D eigenvalue weighted by atomic mass is 16.2. The Balaban J connectivity index is 1.40. The van der Waals surface area contributed by atoms with Crippen molar-refractivity contribution < 1.29 is 9.59 Å². The molecule has 7 nitrogen and oxygen atoms in total. The van der Waals surface area contributed by atoms with Crippen LogP contribution in [0.3, 0.4) is 0 Å². The van der Waals surface area contributed by atoms with Gasteiger partial charge in [0.1, 0.15) is 5.82 Å². The summed E-state index contributed by atoms with van der Waals surface area (Å²) >= 11 is 0. The zero-order valence-corrected chi connectivity index (χ0v) is 15.6. The second kappa shape index (κ2) is 7.08. The Labute approximate surface area is 158 Å². The van der Waals surface area contributed by atoms with Crippen molar-refractivity contribution in [1.82, 2.24) is 20.2 Å². The van der Waals surface area contributed by atoms with Crippen molar-refractivity contribution in [3.05, 3.63) is 53.0 Å². The number of benzene rings is 1. The van der Waals surface area contributed by atoms with Crippen LogP contribution in [0.2, 0.25) is 0 Å². The Morgan fingerprint density at radius 1 is 1.15 bits per heavy atom. The van der Waals surface area contributed by atoms with Gasteiger partial charge in [-0.15, -0.1) is 0 Å². The molecule has 1 atom stereocenters. The molecule has 4 rings (SSSR count). The molecule has 0 spiro atoms. The van der Waals surface area contributed by atoms with Crippen LogP contribution in [0.25, 0.3) is 0 Å². The summed E-state index contributed by atoms with van der Waals surface area (Å²) in [6.07, 6.45) is 4.28. The summed E-state index contributed by atoms with van der Waals surface area (Å²) < 4.78 is 0. The van der Waals surface area contributed by atoms with Gasteiger partial charge in [0.25, 0.3) is 11.8 Å². The first-order valence-electron chi connectivity index (χ1n) is 9.27. The van der Waals surface area contributed by atoms with Gasteiger partial charge in [0.05, 0.1) is 29.2 Å². The first-order chi connectivity index (χ1) is 13.0. The van der Waals surface area contributed by atoms with Crippen LogP contribution in [0.1, 0.15) is 38.4 Å². The van der Waals surface area contributed by atoms with Crippen LogP contribution in [0.4, 0.5) is 5.82 Å². The number of aromatic nitrogens is 2. The lowest BCUT2D eigenvalue weighted by Crippen LogP contribution is -2.52. The van der Waals surface area contributed by atoms with E-state index in [2.05, 4.69) is 20.2 Å². The van der Waals surface area contributed by atoms with E-state index in [-0.39, 0.29) is 17.9 Å². The van der Waals surface area contributed by atoms with Crippen LogP contribution < -0.4 is 10.2 Å². The summed E-state index contributed by atoms with van der Waals surface area (Å²) in [5.74, 6) is 0.504. The molecular formula is C20H23N5O2. The average molecular weight is 365 g/mol. The van der Waals surface area contributed by atoms with Crippen molar-refractivity contribution in [2.45, 2.75) is 26.3 Å². The lowest BCUT2D eigenvalue weighted by Gasteiger charge is -2.34. The molecule has 0 bridgehead atoms. The number of hydrogen-bond acceptors (Lipinski definition) is 6. The van der Waals surface area contributed by atoms with Gasteiger partial charge < -0.3 is 10.2 Å². The molecule has 0 radical (unpaired) electrons. The van der Waals surface area contributed by atoms with E-state index in [9.17, 15) is 9.59 Å². The summed E-state index contributed by atoms with van der Waals surface area (Å²) in [5, 5.41) is 3.48. The smallest absolute Gasteiger partial charge is 0.261 e. The molecule has 7 heteroatoms. The molecule has 1 saturated heterocycles. The Morgan fingerprint density at radius 2 is 2.00 bits per heavy atom. The number of aryl methyl sites for hydroxylation is 2. The number of carbonyl (C=O) groups is 2. The second-order valence-electron chi connectivity index (χ2n) is 7.16. The zero-order valence-electron chi connectivity index (χ0n) is 15.6. The van der Waals surface area contributed by atoms with Gasteiger partial charge in [0, 0.05) is 32.2 Å². The van der Waals surface area contributed by atoms with Crippen molar-refractivity contribution in [2.24, 2.45) is 0 Å². The molecule has 3 heterocycles. The lowest BCUT2D eigenvalue weighted by atomic mass is 10.0. The highest BCUT2D eigenvalue weighted by molar-refractivity contribution is 6.22. The molecule has 2 aliphatic rings. The number of nitrogens with zero attached hydrogens (tertiary/aromatic N) is 4. The van der Waals surface area contributed by atoms with Crippen LogP contribution in [0.15, 0.2) is 30.6 Å². The summed E-state index contributed by atoms with van der Waals surface area (Å²) in [5.41, 5.74) is 2.82. The monoisotopic (exact) mass is 365 g/mol. The van der Waals surface area contributed by atoms with Gasteiger partial charge in [0.15, 0.2) is 0 Å². The average Bonchev–Trinajstić information content (AvgIpc) is 2.92. The maximum Gasteiger partial charge on any atom is 0.261 e. The quantitative estimate of drug-likeness (QED) is 0.829. The Kier molecular flexibility index (Phi) is 4.61. The molecule has 0 aliphatic carbocycles. The number of fused-ring (bicyclic) bond motifs is 1. The molecule has 140 valence electrons. The fourth-order valence-corrected chi connectivity index (χ4v) is 3.77. The van der Waals surface area contributed by atoms with Crippen molar-refractivity contribution in [3.8, 4) is 0 Å². The third-order valence-electron chi connectivity index (χ3n) is 5.26. The molecule has 2 amide bonds. The van der Waals surface area contributed by atoms with Crippen molar-refractivity contribution in [1.29, 1.82) is 0 Å².